The van der Waals surface area contributed by atoms with Crippen LogP contribution in [0.4, 0.5) is 5.95 Å². The van der Waals surface area contributed by atoms with Gasteiger partial charge in [0.1, 0.15) is 0 Å². The molecule has 1 aromatic heterocycles. The summed E-state index contributed by atoms with van der Waals surface area (Å²) in [5, 5.41) is 4.04. The van der Waals surface area contributed by atoms with Gasteiger partial charge in [0.05, 0.1) is 6.04 Å². The minimum Gasteiger partial charge on any atom is -0.336 e. The quantitative estimate of drug-likeness (QED) is 0.844. The van der Waals surface area contributed by atoms with E-state index in [-0.39, 0.29) is 6.04 Å². The lowest BCUT2D eigenvalue weighted by atomic mass is 10.1. The number of nitrogens with zero attached hydrogens (tertiary/aromatic N) is 4. The summed E-state index contributed by atoms with van der Waals surface area (Å²) in [7, 11) is 2.12. The molecule has 1 saturated heterocycles. The van der Waals surface area contributed by atoms with Crippen LogP contribution in [0.25, 0.3) is 0 Å². The van der Waals surface area contributed by atoms with Crippen molar-refractivity contribution in [3.8, 4) is 0 Å². The highest BCUT2D eigenvalue weighted by Gasteiger charge is 2.21. The maximum absolute atomic E-state index is 6.02. The average Bonchev–Trinajstić information content (AvgIpc) is 2.86. The second kappa shape index (κ2) is 6.15. The number of anilines is 1. The Morgan fingerprint density at radius 2 is 2.06 bits per heavy atom. The van der Waals surface area contributed by atoms with Gasteiger partial charge in [-0.2, -0.15) is 4.98 Å². The number of nitrogens with two attached hydrogens (primary N) is 1. The molecule has 6 nitrogen and oxygen atoms in total. The Kier molecular flexibility index (Phi) is 4.54. The number of aromatic nitrogens is 2. The number of unbranched alkanes of at least 4 members (excludes halogenated alkanes) is 1. The largest absolute Gasteiger partial charge is 0.336 e. The first-order chi connectivity index (χ1) is 8.70. The summed E-state index contributed by atoms with van der Waals surface area (Å²) < 4.78 is 5.26. The summed E-state index contributed by atoms with van der Waals surface area (Å²) in [6.07, 6.45) is 3.13. The number of rotatable bonds is 5. The molecular formula is C12H23N5O. The molecule has 0 saturated carbocycles. The monoisotopic (exact) mass is 253 g/mol. The third-order valence-corrected chi connectivity index (χ3v) is 3.40. The molecule has 1 aliphatic rings. The molecule has 0 unspecified atom stereocenters. The molecule has 0 aromatic carbocycles. The highest BCUT2D eigenvalue weighted by molar-refractivity contribution is 5.28. The lowest BCUT2D eigenvalue weighted by Gasteiger charge is -2.31. The molecule has 0 aliphatic carbocycles. The second-order valence-corrected chi connectivity index (χ2v) is 4.97. The summed E-state index contributed by atoms with van der Waals surface area (Å²) >= 11 is 0. The van der Waals surface area contributed by atoms with Crippen LogP contribution in [0, 0.1) is 0 Å². The van der Waals surface area contributed by atoms with E-state index >= 15 is 0 Å². The zero-order valence-corrected chi connectivity index (χ0v) is 11.3. The van der Waals surface area contributed by atoms with E-state index in [4.69, 9.17) is 10.3 Å². The molecule has 2 heterocycles. The molecule has 0 amide bonds. The molecule has 2 N–H and O–H groups in total. The predicted octanol–water partition coefficient (Wildman–Crippen LogP) is 1.01. The Bertz CT molecular complexity index is 359. The Hall–Kier alpha value is -1.14. The fourth-order valence-corrected chi connectivity index (χ4v) is 2.06. The van der Waals surface area contributed by atoms with Gasteiger partial charge in [0.2, 0.25) is 5.89 Å². The minimum atomic E-state index is -0.126. The molecule has 0 bridgehead atoms. The Labute approximate surface area is 108 Å². The van der Waals surface area contributed by atoms with Gasteiger partial charge in [-0.15, -0.1) is 0 Å². The van der Waals surface area contributed by atoms with Crippen LogP contribution in [0.3, 0.4) is 0 Å². The van der Waals surface area contributed by atoms with Crippen LogP contribution in [0.15, 0.2) is 4.52 Å². The number of hydrogen-bond donors (Lipinski definition) is 1. The van der Waals surface area contributed by atoms with Crippen molar-refractivity contribution >= 4 is 5.95 Å². The van der Waals surface area contributed by atoms with Gasteiger partial charge in [0.15, 0.2) is 0 Å². The van der Waals surface area contributed by atoms with Crippen LogP contribution >= 0.6 is 0 Å². The smallest absolute Gasteiger partial charge is 0.266 e. The van der Waals surface area contributed by atoms with Crippen LogP contribution in [0.2, 0.25) is 0 Å². The third-order valence-electron chi connectivity index (χ3n) is 3.40. The van der Waals surface area contributed by atoms with Crippen molar-refractivity contribution in [2.75, 3.05) is 38.1 Å². The van der Waals surface area contributed by atoms with Crippen molar-refractivity contribution in [3.05, 3.63) is 5.89 Å². The number of likely N-dealkylation sites (N-methyl/N-ethyl adjacent to an activating group) is 1. The van der Waals surface area contributed by atoms with E-state index in [1.807, 2.05) is 0 Å². The molecule has 0 spiro atoms. The molecule has 1 atom stereocenters. The molecule has 2 rings (SSSR count). The highest BCUT2D eigenvalue weighted by Crippen LogP contribution is 2.18. The normalized spacial score (nSPS) is 19.2. The van der Waals surface area contributed by atoms with Crippen LogP contribution in [0.5, 0.6) is 0 Å². The van der Waals surface area contributed by atoms with Gasteiger partial charge in [0.25, 0.3) is 5.95 Å². The molecule has 1 fully saturated rings. The van der Waals surface area contributed by atoms with Gasteiger partial charge in [-0.05, 0) is 18.6 Å². The van der Waals surface area contributed by atoms with E-state index in [9.17, 15) is 0 Å². The summed E-state index contributed by atoms with van der Waals surface area (Å²) in [5.41, 5.74) is 6.02. The predicted molar refractivity (Wildman–Crippen MR) is 70.5 cm³/mol. The van der Waals surface area contributed by atoms with E-state index in [0.29, 0.717) is 11.8 Å². The fraction of sp³-hybridized carbons (Fsp3) is 0.833. The first-order valence-corrected chi connectivity index (χ1v) is 6.73. The Morgan fingerprint density at radius 3 is 2.72 bits per heavy atom. The molecule has 0 radical (unpaired) electrons. The van der Waals surface area contributed by atoms with Gasteiger partial charge in [-0.25, -0.2) is 0 Å². The first kappa shape index (κ1) is 13.3. The highest BCUT2D eigenvalue weighted by atomic mass is 16.5. The van der Waals surface area contributed by atoms with Gasteiger partial charge < -0.3 is 20.1 Å². The van der Waals surface area contributed by atoms with Crippen molar-refractivity contribution in [2.24, 2.45) is 5.73 Å². The second-order valence-electron chi connectivity index (χ2n) is 4.97. The van der Waals surface area contributed by atoms with Crippen LogP contribution in [0.1, 0.15) is 38.1 Å². The first-order valence-electron chi connectivity index (χ1n) is 6.73. The maximum Gasteiger partial charge on any atom is 0.266 e. The summed E-state index contributed by atoms with van der Waals surface area (Å²) in [4.78, 5) is 8.86. The van der Waals surface area contributed by atoms with E-state index in [1.165, 1.54) is 0 Å². The Morgan fingerprint density at radius 1 is 1.33 bits per heavy atom. The molecule has 6 heteroatoms. The van der Waals surface area contributed by atoms with Crippen molar-refractivity contribution in [1.82, 2.24) is 15.0 Å². The minimum absolute atomic E-state index is 0.126. The van der Waals surface area contributed by atoms with Gasteiger partial charge >= 0.3 is 0 Å². The molecule has 1 aliphatic heterocycles. The molecule has 1 aromatic rings. The number of hydrogen-bond acceptors (Lipinski definition) is 6. The maximum atomic E-state index is 6.02. The average molecular weight is 253 g/mol. The lowest BCUT2D eigenvalue weighted by Crippen LogP contribution is -2.44. The topological polar surface area (TPSA) is 71.4 Å². The van der Waals surface area contributed by atoms with Crippen molar-refractivity contribution in [3.63, 3.8) is 0 Å². The van der Waals surface area contributed by atoms with Gasteiger partial charge in [-0.1, -0.05) is 19.8 Å². The van der Waals surface area contributed by atoms with Gasteiger partial charge in [0, 0.05) is 26.2 Å². The van der Waals surface area contributed by atoms with Crippen molar-refractivity contribution < 1.29 is 4.52 Å². The number of piperazine rings is 1. The van der Waals surface area contributed by atoms with Crippen molar-refractivity contribution in [2.45, 2.75) is 32.2 Å². The fourth-order valence-electron chi connectivity index (χ4n) is 2.06. The molecule has 18 heavy (non-hydrogen) atoms. The van der Waals surface area contributed by atoms with Gasteiger partial charge in [-0.3, -0.25) is 0 Å². The van der Waals surface area contributed by atoms with Crippen LogP contribution in [-0.2, 0) is 0 Å². The van der Waals surface area contributed by atoms with Crippen molar-refractivity contribution in [1.29, 1.82) is 0 Å². The van der Waals surface area contributed by atoms with E-state index in [2.05, 4.69) is 33.9 Å². The SMILES string of the molecule is CCCC[C@H](N)c1nc(N2CCN(C)CC2)no1. The third kappa shape index (κ3) is 3.20. The Balaban J connectivity index is 1.93. The van der Waals surface area contributed by atoms with E-state index < -0.39 is 0 Å². The molecular weight excluding hydrogens is 230 g/mol. The summed E-state index contributed by atoms with van der Waals surface area (Å²) in [6, 6.07) is -0.126. The zero-order chi connectivity index (χ0) is 13.0. The van der Waals surface area contributed by atoms with E-state index in [0.717, 1.165) is 45.4 Å². The van der Waals surface area contributed by atoms with E-state index in [1.54, 1.807) is 0 Å². The standard InChI is InChI=1S/C12H23N5O/c1-3-4-5-10(13)11-14-12(15-18-11)17-8-6-16(2)7-9-17/h10H,3-9,13H2,1-2H3/t10-/m0/s1. The van der Waals surface area contributed by atoms with Crippen LogP contribution in [-0.4, -0.2) is 48.3 Å². The summed E-state index contributed by atoms with van der Waals surface area (Å²) in [6.45, 7) is 6.10. The van der Waals surface area contributed by atoms with Crippen LogP contribution < -0.4 is 10.6 Å². The molecule has 102 valence electrons. The summed E-state index contributed by atoms with van der Waals surface area (Å²) in [5.74, 6) is 1.25. The lowest BCUT2D eigenvalue weighted by molar-refractivity contribution is 0.307. The zero-order valence-electron chi connectivity index (χ0n) is 11.3.